The number of hydrogen-bond donors (Lipinski definition) is 3. The molecule has 0 saturated heterocycles. The van der Waals surface area contributed by atoms with Gasteiger partial charge in [-0.2, -0.15) is 10.2 Å². The van der Waals surface area contributed by atoms with Crippen molar-refractivity contribution in [1.29, 1.82) is 0 Å². The molecule has 2 rings (SSSR count). The lowest BCUT2D eigenvalue weighted by atomic mass is 9.80. The van der Waals surface area contributed by atoms with E-state index in [9.17, 15) is 0 Å². The third kappa shape index (κ3) is 3.16. The Balaban J connectivity index is 2.18. The van der Waals surface area contributed by atoms with Crippen LogP contribution in [0.3, 0.4) is 0 Å². The summed E-state index contributed by atoms with van der Waals surface area (Å²) in [7, 11) is -1.52. The van der Waals surface area contributed by atoms with Crippen molar-refractivity contribution in [3.63, 3.8) is 0 Å². The van der Waals surface area contributed by atoms with E-state index in [2.05, 4.69) is 10.2 Å². The molecule has 0 fully saturated rings. The Hall–Kier alpha value is -2.18. The molecule has 0 radical (unpaired) electrons. The maximum absolute atomic E-state index is 9.11. The van der Waals surface area contributed by atoms with Gasteiger partial charge in [0.05, 0.1) is 11.4 Å². The number of aromatic hydroxyl groups is 1. The third-order valence-corrected chi connectivity index (χ3v) is 2.30. The number of rotatable bonds is 3. The lowest BCUT2D eigenvalue weighted by molar-refractivity contribution is 0.426. The summed E-state index contributed by atoms with van der Waals surface area (Å²) in [5, 5.41) is 35.1. The van der Waals surface area contributed by atoms with Crippen molar-refractivity contribution in [2.75, 3.05) is 0 Å². The van der Waals surface area contributed by atoms with Gasteiger partial charge >= 0.3 is 7.12 Å². The van der Waals surface area contributed by atoms with Crippen LogP contribution in [0.1, 0.15) is 0 Å². The standard InChI is InChI=1S/C12H11BN2O3/c16-12-6-4-10(5-7-12)14-15-11-3-1-2-9(8-11)13(17)18/h1-8,16-18H. The van der Waals surface area contributed by atoms with Crippen LogP contribution in [0.2, 0.25) is 0 Å². The molecule has 0 aliphatic rings. The number of nitrogens with zero attached hydrogens (tertiary/aromatic N) is 2. The van der Waals surface area contributed by atoms with Crippen molar-refractivity contribution >= 4 is 24.0 Å². The fourth-order valence-electron chi connectivity index (χ4n) is 1.38. The van der Waals surface area contributed by atoms with E-state index in [1.165, 1.54) is 18.2 Å². The smallest absolute Gasteiger partial charge is 0.488 e. The second-order valence-corrected chi connectivity index (χ2v) is 3.69. The first kappa shape index (κ1) is 12.3. The monoisotopic (exact) mass is 242 g/mol. The summed E-state index contributed by atoms with van der Waals surface area (Å²) in [5.41, 5.74) is 1.48. The first-order chi connectivity index (χ1) is 8.65. The predicted octanol–water partition coefficient (Wildman–Crippen LogP) is 1.49. The highest BCUT2D eigenvalue weighted by atomic mass is 16.4. The molecule has 6 heteroatoms. The highest BCUT2D eigenvalue weighted by Gasteiger charge is 2.10. The van der Waals surface area contributed by atoms with Gasteiger partial charge in [0.1, 0.15) is 5.75 Å². The van der Waals surface area contributed by atoms with Crippen LogP contribution in [0.5, 0.6) is 5.75 Å². The normalized spacial score (nSPS) is 10.8. The van der Waals surface area contributed by atoms with E-state index < -0.39 is 7.12 Å². The maximum Gasteiger partial charge on any atom is 0.488 e. The van der Waals surface area contributed by atoms with E-state index in [0.717, 1.165) is 0 Å². The van der Waals surface area contributed by atoms with Crippen molar-refractivity contribution in [3.8, 4) is 5.75 Å². The largest absolute Gasteiger partial charge is 0.508 e. The van der Waals surface area contributed by atoms with Gasteiger partial charge in [0.2, 0.25) is 0 Å². The van der Waals surface area contributed by atoms with Gasteiger partial charge in [-0.25, -0.2) is 0 Å². The Bertz CT molecular complexity index is 556. The van der Waals surface area contributed by atoms with Gasteiger partial charge in [0.15, 0.2) is 0 Å². The molecule has 0 aliphatic carbocycles. The van der Waals surface area contributed by atoms with E-state index in [-0.39, 0.29) is 5.75 Å². The van der Waals surface area contributed by atoms with Crippen molar-refractivity contribution < 1.29 is 15.2 Å². The molecule has 0 aromatic heterocycles. The van der Waals surface area contributed by atoms with Crippen molar-refractivity contribution in [2.45, 2.75) is 0 Å². The molecule has 0 atom stereocenters. The molecule has 0 spiro atoms. The zero-order chi connectivity index (χ0) is 13.0. The second kappa shape index (κ2) is 5.44. The molecular formula is C12H11BN2O3. The highest BCUT2D eigenvalue weighted by molar-refractivity contribution is 6.58. The molecule has 0 heterocycles. The molecule has 90 valence electrons. The molecule has 2 aromatic rings. The third-order valence-electron chi connectivity index (χ3n) is 2.30. The molecule has 0 unspecified atom stereocenters. The summed E-state index contributed by atoms with van der Waals surface area (Å²) in [6.45, 7) is 0. The molecule has 2 aromatic carbocycles. The van der Waals surface area contributed by atoms with Crippen LogP contribution in [-0.2, 0) is 0 Å². The summed E-state index contributed by atoms with van der Waals surface area (Å²) >= 11 is 0. The molecule has 0 amide bonds. The zero-order valence-corrected chi connectivity index (χ0v) is 9.43. The number of azo groups is 1. The maximum atomic E-state index is 9.11. The van der Waals surface area contributed by atoms with Crippen molar-refractivity contribution in [2.24, 2.45) is 10.2 Å². The second-order valence-electron chi connectivity index (χ2n) is 3.69. The summed E-state index contributed by atoms with van der Waals surface area (Å²) in [5.74, 6) is 0.166. The summed E-state index contributed by atoms with van der Waals surface area (Å²) in [6, 6.07) is 12.8. The molecule has 0 saturated carbocycles. The SMILES string of the molecule is OB(O)c1cccc(N=Nc2ccc(O)cc2)c1. The van der Waals surface area contributed by atoms with Gasteiger partial charge in [0, 0.05) is 0 Å². The van der Waals surface area contributed by atoms with Gasteiger partial charge in [-0.15, -0.1) is 0 Å². The minimum atomic E-state index is -1.52. The van der Waals surface area contributed by atoms with Gasteiger partial charge in [-0.3, -0.25) is 0 Å². The Morgan fingerprint density at radius 2 is 1.50 bits per heavy atom. The first-order valence-electron chi connectivity index (χ1n) is 5.32. The minimum absolute atomic E-state index is 0.166. The van der Waals surface area contributed by atoms with Gasteiger partial charge in [0.25, 0.3) is 0 Å². The average Bonchev–Trinajstić information content (AvgIpc) is 2.38. The van der Waals surface area contributed by atoms with Gasteiger partial charge in [-0.05, 0) is 41.9 Å². The lowest BCUT2D eigenvalue weighted by Gasteiger charge is -1.99. The Kier molecular flexibility index (Phi) is 3.71. The predicted molar refractivity (Wildman–Crippen MR) is 68.6 cm³/mol. The Labute approximate surface area is 104 Å². The molecular weight excluding hydrogens is 231 g/mol. The molecule has 0 bridgehead atoms. The van der Waals surface area contributed by atoms with Crippen molar-refractivity contribution in [3.05, 3.63) is 48.5 Å². The average molecular weight is 242 g/mol. The molecule has 5 nitrogen and oxygen atoms in total. The van der Waals surface area contributed by atoms with Crippen LogP contribution >= 0.6 is 0 Å². The summed E-state index contributed by atoms with van der Waals surface area (Å²) in [4.78, 5) is 0. The Morgan fingerprint density at radius 1 is 0.833 bits per heavy atom. The minimum Gasteiger partial charge on any atom is -0.508 e. The van der Waals surface area contributed by atoms with E-state index in [1.54, 1.807) is 30.3 Å². The number of benzene rings is 2. The van der Waals surface area contributed by atoms with E-state index in [4.69, 9.17) is 15.2 Å². The fourth-order valence-corrected chi connectivity index (χ4v) is 1.38. The van der Waals surface area contributed by atoms with Crippen molar-refractivity contribution in [1.82, 2.24) is 0 Å². The summed E-state index contributed by atoms with van der Waals surface area (Å²) < 4.78 is 0. The van der Waals surface area contributed by atoms with Crippen LogP contribution in [0, 0.1) is 0 Å². The van der Waals surface area contributed by atoms with Crippen LogP contribution in [0.4, 0.5) is 11.4 Å². The quantitative estimate of drug-likeness (QED) is 0.562. The lowest BCUT2D eigenvalue weighted by Crippen LogP contribution is -2.29. The molecule has 18 heavy (non-hydrogen) atoms. The molecule has 0 aliphatic heterocycles. The van der Waals surface area contributed by atoms with Gasteiger partial charge < -0.3 is 15.2 Å². The van der Waals surface area contributed by atoms with E-state index in [1.807, 2.05) is 0 Å². The van der Waals surface area contributed by atoms with E-state index in [0.29, 0.717) is 16.8 Å². The first-order valence-corrected chi connectivity index (χ1v) is 5.32. The van der Waals surface area contributed by atoms with Gasteiger partial charge in [-0.1, -0.05) is 12.1 Å². The number of hydrogen-bond acceptors (Lipinski definition) is 5. The number of phenolic OH excluding ortho intramolecular Hbond substituents is 1. The van der Waals surface area contributed by atoms with Crippen LogP contribution < -0.4 is 5.46 Å². The van der Waals surface area contributed by atoms with Crippen LogP contribution in [-0.4, -0.2) is 22.3 Å². The van der Waals surface area contributed by atoms with Crippen LogP contribution in [0.25, 0.3) is 0 Å². The molecule has 3 N–H and O–H groups in total. The van der Waals surface area contributed by atoms with E-state index >= 15 is 0 Å². The summed E-state index contributed by atoms with van der Waals surface area (Å²) in [6.07, 6.45) is 0. The highest BCUT2D eigenvalue weighted by Crippen LogP contribution is 2.19. The fraction of sp³-hybridized carbons (Fsp3) is 0. The Morgan fingerprint density at radius 3 is 2.17 bits per heavy atom. The van der Waals surface area contributed by atoms with Crippen LogP contribution in [0.15, 0.2) is 58.8 Å². The zero-order valence-electron chi connectivity index (χ0n) is 9.43. The number of phenols is 1. The topological polar surface area (TPSA) is 85.4 Å².